The lowest BCUT2D eigenvalue weighted by molar-refractivity contribution is 0.282. The van der Waals surface area contributed by atoms with Gasteiger partial charge in [-0.2, -0.15) is 0 Å². The Balaban J connectivity index is 2.25. The third kappa shape index (κ3) is 2.98. The summed E-state index contributed by atoms with van der Waals surface area (Å²) in [4.78, 5) is 3.18. The number of para-hydroxylation sites is 1. The number of nitrogens with zero attached hydrogens (tertiary/aromatic N) is 1. The van der Waals surface area contributed by atoms with E-state index in [-0.39, 0.29) is 6.61 Å². The van der Waals surface area contributed by atoms with Crippen molar-refractivity contribution in [1.29, 1.82) is 0 Å². The summed E-state index contributed by atoms with van der Waals surface area (Å²) >= 11 is 13.7. The van der Waals surface area contributed by atoms with E-state index >= 15 is 0 Å². The van der Waals surface area contributed by atoms with E-state index in [4.69, 9.17) is 23.2 Å². The summed E-state index contributed by atoms with van der Waals surface area (Å²) in [6.45, 7) is 0.694. The number of anilines is 1. The fourth-order valence-electron chi connectivity index (χ4n) is 1.86. The first kappa shape index (κ1) is 13.7. The highest BCUT2D eigenvalue weighted by atomic mass is 35.5. The van der Waals surface area contributed by atoms with Crippen LogP contribution in [0.2, 0.25) is 9.36 Å². The van der Waals surface area contributed by atoms with Gasteiger partial charge in [0.25, 0.3) is 0 Å². The minimum Gasteiger partial charge on any atom is -0.392 e. The first-order chi connectivity index (χ1) is 8.61. The average molecular weight is 302 g/mol. The maximum Gasteiger partial charge on any atom is 0.0931 e. The van der Waals surface area contributed by atoms with Gasteiger partial charge < -0.3 is 10.0 Å². The summed E-state index contributed by atoms with van der Waals surface area (Å²) in [6, 6.07) is 9.42. The minimum atomic E-state index is -0.0224. The van der Waals surface area contributed by atoms with Crippen LogP contribution in [0.25, 0.3) is 0 Å². The SMILES string of the molecule is CN(Cc1ccc(Cl)s1)c1c(Cl)cccc1CO. The predicted molar refractivity (Wildman–Crippen MR) is 78.8 cm³/mol. The molecule has 5 heteroatoms. The third-order valence-electron chi connectivity index (χ3n) is 2.64. The van der Waals surface area contributed by atoms with Gasteiger partial charge in [0.1, 0.15) is 0 Å². The van der Waals surface area contributed by atoms with E-state index in [2.05, 4.69) is 0 Å². The molecule has 0 unspecified atom stereocenters. The number of thiophene rings is 1. The van der Waals surface area contributed by atoms with Crippen LogP contribution in [-0.2, 0) is 13.2 Å². The Morgan fingerprint density at radius 2 is 2.00 bits per heavy atom. The second-order valence-electron chi connectivity index (χ2n) is 3.97. The standard InChI is InChI=1S/C13H13Cl2NOS/c1-16(7-10-5-6-12(15)18-10)13-9(8-17)3-2-4-11(13)14/h2-6,17H,7-8H2,1H3. The van der Waals surface area contributed by atoms with E-state index in [1.54, 1.807) is 11.3 Å². The van der Waals surface area contributed by atoms with Gasteiger partial charge in [0.15, 0.2) is 0 Å². The summed E-state index contributed by atoms with van der Waals surface area (Å²) in [6.07, 6.45) is 0. The molecule has 0 aliphatic rings. The van der Waals surface area contributed by atoms with Gasteiger partial charge in [-0.05, 0) is 18.2 Å². The van der Waals surface area contributed by atoms with Crippen molar-refractivity contribution in [2.24, 2.45) is 0 Å². The molecule has 0 aliphatic heterocycles. The zero-order valence-electron chi connectivity index (χ0n) is 9.86. The molecule has 0 aliphatic carbocycles. The molecule has 0 saturated heterocycles. The summed E-state index contributed by atoms with van der Waals surface area (Å²) in [7, 11) is 1.95. The van der Waals surface area contributed by atoms with Gasteiger partial charge in [-0.3, -0.25) is 0 Å². The molecular weight excluding hydrogens is 289 g/mol. The smallest absolute Gasteiger partial charge is 0.0931 e. The molecule has 0 amide bonds. The van der Waals surface area contributed by atoms with Crippen LogP contribution in [-0.4, -0.2) is 12.2 Å². The summed E-state index contributed by atoms with van der Waals surface area (Å²) in [5.74, 6) is 0. The van der Waals surface area contributed by atoms with Crippen molar-refractivity contribution in [1.82, 2.24) is 0 Å². The molecule has 2 aromatic rings. The van der Waals surface area contributed by atoms with E-state index < -0.39 is 0 Å². The molecule has 2 nitrogen and oxygen atoms in total. The van der Waals surface area contributed by atoms with Gasteiger partial charge in [0.2, 0.25) is 0 Å². The molecule has 0 spiro atoms. The fraction of sp³-hybridized carbons (Fsp3) is 0.231. The van der Waals surface area contributed by atoms with Crippen LogP contribution in [0, 0.1) is 0 Å². The molecule has 1 N–H and O–H groups in total. The van der Waals surface area contributed by atoms with Gasteiger partial charge >= 0.3 is 0 Å². The fourth-order valence-corrected chi connectivity index (χ4v) is 3.34. The lowest BCUT2D eigenvalue weighted by Gasteiger charge is -2.22. The zero-order valence-corrected chi connectivity index (χ0v) is 12.2. The van der Waals surface area contributed by atoms with Gasteiger partial charge in [-0.15, -0.1) is 11.3 Å². The van der Waals surface area contributed by atoms with Crippen LogP contribution in [0.5, 0.6) is 0 Å². The molecule has 0 bridgehead atoms. The summed E-state index contributed by atoms with van der Waals surface area (Å²) in [5.41, 5.74) is 1.69. The summed E-state index contributed by atoms with van der Waals surface area (Å²) in [5, 5.41) is 10.0. The largest absolute Gasteiger partial charge is 0.392 e. The van der Waals surface area contributed by atoms with Crippen molar-refractivity contribution < 1.29 is 5.11 Å². The van der Waals surface area contributed by atoms with Crippen molar-refractivity contribution in [3.05, 3.63) is 50.1 Å². The van der Waals surface area contributed by atoms with Gasteiger partial charge in [-0.25, -0.2) is 0 Å². The predicted octanol–water partition coefficient (Wildman–Crippen LogP) is 4.18. The number of hydrogen-bond donors (Lipinski definition) is 1. The van der Waals surface area contributed by atoms with Gasteiger partial charge in [0.05, 0.1) is 28.2 Å². The lowest BCUT2D eigenvalue weighted by atomic mass is 10.1. The maximum atomic E-state index is 9.36. The Morgan fingerprint density at radius 1 is 1.22 bits per heavy atom. The monoisotopic (exact) mass is 301 g/mol. The van der Waals surface area contributed by atoms with Crippen molar-refractivity contribution in [3.8, 4) is 0 Å². The average Bonchev–Trinajstić information content (AvgIpc) is 2.74. The molecule has 1 aromatic carbocycles. The second-order valence-corrected chi connectivity index (χ2v) is 6.17. The minimum absolute atomic E-state index is 0.0224. The number of halogens is 2. The van der Waals surface area contributed by atoms with Crippen LogP contribution < -0.4 is 4.90 Å². The van der Waals surface area contributed by atoms with Crippen LogP contribution in [0.3, 0.4) is 0 Å². The zero-order chi connectivity index (χ0) is 13.1. The molecule has 2 rings (SSSR count). The normalized spacial score (nSPS) is 10.7. The van der Waals surface area contributed by atoms with E-state index in [1.165, 1.54) is 0 Å². The third-order valence-corrected chi connectivity index (χ3v) is 4.17. The molecule has 0 atom stereocenters. The first-order valence-electron chi connectivity index (χ1n) is 5.45. The van der Waals surface area contributed by atoms with Crippen LogP contribution in [0.4, 0.5) is 5.69 Å². The van der Waals surface area contributed by atoms with E-state index in [0.717, 1.165) is 20.5 Å². The van der Waals surface area contributed by atoms with E-state index in [1.807, 2.05) is 42.3 Å². The molecule has 0 radical (unpaired) electrons. The van der Waals surface area contributed by atoms with Crippen LogP contribution >= 0.6 is 34.5 Å². The van der Waals surface area contributed by atoms with Crippen molar-refractivity contribution >= 4 is 40.2 Å². The first-order valence-corrected chi connectivity index (χ1v) is 7.02. The topological polar surface area (TPSA) is 23.5 Å². The van der Waals surface area contributed by atoms with Crippen molar-refractivity contribution in [3.63, 3.8) is 0 Å². The Kier molecular flexibility index (Phi) is 4.51. The highest BCUT2D eigenvalue weighted by Gasteiger charge is 2.12. The number of rotatable bonds is 4. The molecule has 18 heavy (non-hydrogen) atoms. The molecule has 0 fully saturated rings. The summed E-state index contributed by atoms with van der Waals surface area (Å²) < 4.78 is 0.778. The quantitative estimate of drug-likeness (QED) is 0.915. The van der Waals surface area contributed by atoms with Crippen LogP contribution in [0.1, 0.15) is 10.4 Å². The lowest BCUT2D eigenvalue weighted by Crippen LogP contribution is -2.17. The molecule has 1 aromatic heterocycles. The van der Waals surface area contributed by atoms with Crippen LogP contribution in [0.15, 0.2) is 30.3 Å². The Labute approximate surface area is 120 Å². The number of benzene rings is 1. The number of hydrogen-bond acceptors (Lipinski definition) is 3. The second kappa shape index (κ2) is 5.93. The van der Waals surface area contributed by atoms with Crippen molar-refractivity contribution in [2.45, 2.75) is 13.2 Å². The van der Waals surface area contributed by atoms with Gasteiger partial charge in [-0.1, -0.05) is 35.3 Å². The Bertz CT molecular complexity index is 542. The Hall–Kier alpha value is -0.740. The van der Waals surface area contributed by atoms with Gasteiger partial charge in [0, 0.05) is 17.5 Å². The van der Waals surface area contributed by atoms with E-state index in [9.17, 15) is 5.11 Å². The molecule has 96 valence electrons. The van der Waals surface area contributed by atoms with E-state index in [0.29, 0.717) is 11.6 Å². The molecular formula is C13H13Cl2NOS. The Morgan fingerprint density at radius 3 is 2.61 bits per heavy atom. The van der Waals surface area contributed by atoms with Crippen molar-refractivity contribution in [2.75, 3.05) is 11.9 Å². The number of aliphatic hydroxyl groups is 1. The molecule has 0 saturated carbocycles. The highest BCUT2D eigenvalue weighted by molar-refractivity contribution is 7.16. The number of aliphatic hydroxyl groups excluding tert-OH is 1. The highest BCUT2D eigenvalue weighted by Crippen LogP contribution is 2.31. The molecule has 1 heterocycles. The maximum absolute atomic E-state index is 9.36.